The van der Waals surface area contributed by atoms with Crippen molar-refractivity contribution in [1.82, 2.24) is 0 Å². The molecule has 2 aromatic rings. The van der Waals surface area contributed by atoms with E-state index in [4.69, 9.17) is 17.3 Å². The lowest BCUT2D eigenvalue weighted by Crippen LogP contribution is -2.28. The second-order valence-electron chi connectivity index (χ2n) is 5.15. The van der Waals surface area contributed by atoms with Crippen LogP contribution in [0, 0.1) is 0 Å². The maximum Gasteiger partial charge on any atom is 0.0453 e. The lowest BCUT2D eigenvalue weighted by Gasteiger charge is -2.25. The van der Waals surface area contributed by atoms with Gasteiger partial charge in [-0.05, 0) is 42.7 Å². The molecule has 2 aromatic carbocycles. The number of hydrogen-bond acceptors (Lipinski definition) is 2. The molecule has 0 saturated carbocycles. The molecule has 0 bridgehead atoms. The van der Waals surface area contributed by atoms with Crippen molar-refractivity contribution in [2.75, 3.05) is 10.6 Å². The van der Waals surface area contributed by atoms with Crippen molar-refractivity contribution in [1.29, 1.82) is 0 Å². The van der Waals surface area contributed by atoms with Gasteiger partial charge >= 0.3 is 0 Å². The van der Waals surface area contributed by atoms with Crippen LogP contribution >= 0.6 is 11.6 Å². The van der Waals surface area contributed by atoms with Crippen LogP contribution in [0.3, 0.4) is 0 Å². The second kappa shape index (κ2) is 4.78. The number of fused-ring (bicyclic) bond motifs is 1. The number of anilines is 2. The van der Waals surface area contributed by atoms with Crippen LogP contribution in [0.2, 0.25) is 5.02 Å². The molecule has 0 amide bonds. The van der Waals surface area contributed by atoms with Crippen LogP contribution in [-0.2, 0) is 13.0 Å². The molecule has 1 unspecified atom stereocenters. The number of halogens is 1. The molecule has 0 saturated heterocycles. The van der Waals surface area contributed by atoms with Gasteiger partial charge in [-0.15, -0.1) is 0 Å². The summed E-state index contributed by atoms with van der Waals surface area (Å²) in [5, 5.41) is 0.691. The van der Waals surface area contributed by atoms with Gasteiger partial charge < -0.3 is 10.6 Å². The van der Waals surface area contributed by atoms with E-state index < -0.39 is 0 Å². The number of benzene rings is 2. The van der Waals surface area contributed by atoms with Crippen LogP contribution < -0.4 is 10.6 Å². The minimum absolute atomic E-state index is 0.507. The smallest absolute Gasteiger partial charge is 0.0453 e. The number of nitrogens with zero attached hydrogens (tertiary/aromatic N) is 1. The van der Waals surface area contributed by atoms with Gasteiger partial charge in [-0.3, -0.25) is 0 Å². The van der Waals surface area contributed by atoms with Crippen molar-refractivity contribution in [3.05, 3.63) is 58.6 Å². The van der Waals surface area contributed by atoms with Crippen LogP contribution in [0.25, 0.3) is 0 Å². The van der Waals surface area contributed by atoms with Gasteiger partial charge in [0.1, 0.15) is 0 Å². The fraction of sp³-hybridized carbons (Fsp3) is 0.250. The van der Waals surface area contributed by atoms with E-state index >= 15 is 0 Å². The van der Waals surface area contributed by atoms with Gasteiger partial charge in [0.2, 0.25) is 0 Å². The Hall–Kier alpha value is -1.67. The Balaban J connectivity index is 1.91. The normalized spacial score (nSPS) is 17.6. The van der Waals surface area contributed by atoms with Crippen molar-refractivity contribution in [2.24, 2.45) is 0 Å². The molecule has 0 radical (unpaired) electrons. The lowest BCUT2D eigenvalue weighted by molar-refractivity contribution is 0.673. The maximum absolute atomic E-state index is 6.05. The minimum Gasteiger partial charge on any atom is -0.398 e. The molecule has 0 spiro atoms. The summed E-state index contributed by atoms with van der Waals surface area (Å²) in [4.78, 5) is 2.41. The highest BCUT2D eigenvalue weighted by Gasteiger charge is 2.25. The summed E-state index contributed by atoms with van der Waals surface area (Å²) in [5.41, 5.74) is 10.7. The Morgan fingerprint density at radius 1 is 1.26 bits per heavy atom. The van der Waals surface area contributed by atoms with Gasteiger partial charge in [0.05, 0.1) is 0 Å². The summed E-state index contributed by atoms with van der Waals surface area (Å²) in [6, 6.07) is 14.8. The SMILES string of the molecule is CC1Cc2ccccc2N1Cc1ccc(Cl)cc1N. The van der Waals surface area contributed by atoms with E-state index in [1.54, 1.807) is 0 Å². The minimum atomic E-state index is 0.507. The van der Waals surface area contributed by atoms with E-state index in [9.17, 15) is 0 Å². The molecule has 19 heavy (non-hydrogen) atoms. The molecule has 1 aliphatic rings. The van der Waals surface area contributed by atoms with Gasteiger partial charge in [-0.1, -0.05) is 35.9 Å². The van der Waals surface area contributed by atoms with Gasteiger partial charge in [-0.2, -0.15) is 0 Å². The number of nitrogens with two attached hydrogens (primary N) is 1. The number of nitrogen functional groups attached to an aromatic ring is 1. The monoisotopic (exact) mass is 272 g/mol. The highest BCUT2D eigenvalue weighted by atomic mass is 35.5. The quantitative estimate of drug-likeness (QED) is 0.841. The lowest BCUT2D eigenvalue weighted by atomic mass is 10.1. The summed E-state index contributed by atoms with van der Waals surface area (Å²) in [6.07, 6.45) is 1.10. The first-order valence-corrected chi connectivity index (χ1v) is 6.91. The fourth-order valence-electron chi connectivity index (χ4n) is 2.76. The number of hydrogen-bond donors (Lipinski definition) is 1. The van der Waals surface area contributed by atoms with Crippen LogP contribution in [0.15, 0.2) is 42.5 Å². The van der Waals surface area contributed by atoms with Crippen molar-refractivity contribution in [3.63, 3.8) is 0 Å². The third-order valence-corrected chi connectivity index (χ3v) is 4.03. The molecular weight excluding hydrogens is 256 g/mol. The van der Waals surface area contributed by atoms with Gasteiger partial charge in [0, 0.05) is 29.0 Å². The zero-order chi connectivity index (χ0) is 13.4. The first-order valence-electron chi connectivity index (χ1n) is 6.53. The van der Waals surface area contributed by atoms with Crippen LogP contribution in [0.5, 0.6) is 0 Å². The van der Waals surface area contributed by atoms with Gasteiger partial charge in [0.25, 0.3) is 0 Å². The van der Waals surface area contributed by atoms with Crippen LogP contribution in [0.1, 0.15) is 18.1 Å². The zero-order valence-electron chi connectivity index (χ0n) is 10.9. The Labute approximate surface area is 118 Å². The topological polar surface area (TPSA) is 29.3 Å². The first kappa shape index (κ1) is 12.4. The zero-order valence-corrected chi connectivity index (χ0v) is 11.7. The highest BCUT2D eigenvalue weighted by molar-refractivity contribution is 6.30. The fourth-order valence-corrected chi connectivity index (χ4v) is 2.94. The summed E-state index contributed by atoms with van der Waals surface area (Å²) >= 11 is 5.95. The summed E-state index contributed by atoms with van der Waals surface area (Å²) in [7, 11) is 0. The summed E-state index contributed by atoms with van der Waals surface area (Å²) < 4.78 is 0. The number of para-hydroxylation sites is 1. The third kappa shape index (κ3) is 2.28. The molecule has 1 atom stereocenters. The van der Waals surface area contributed by atoms with E-state index in [1.165, 1.54) is 11.3 Å². The standard InChI is InChI=1S/C16H17ClN2/c1-11-8-12-4-2-3-5-16(12)19(11)10-13-6-7-14(17)9-15(13)18/h2-7,9,11H,8,10,18H2,1H3. The molecule has 3 rings (SSSR count). The molecule has 1 aliphatic heterocycles. The average molecular weight is 273 g/mol. The Morgan fingerprint density at radius 3 is 2.84 bits per heavy atom. The summed E-state index contributed by atoms with van der Waals surface area (Å²) in [6.45, 7) is 3.09. The van der Waals surface area contributed by atoms with E-state index in [0.717, 1.165) is 24.2 Å². The Kier molecular flexibility index (Phi) is 3.11. The Morgan fingerprint density at radius 2 is 2.05 bits per heavy atom. The van der Waals surface area contributed by atoms with E-state index in [2.05, 4.69) is 36.1 Å². The van der Waals surface area contributed by atoms with Crippen molar-refractivity contribution < 1.29 is 0 Å². The molecule has 2 nitrogen and oxygen atoms in total. The largest absolute Gasteiger partial charge is 0.398 e. The molecule has 0 fully saturated rings. The highest BCUT2D eigenvalue weighted by Crippen LogP contribution is 2.34. The molecule has 2 N–H and O–H groups in total. The van der Waals surface area contributed by atoms with Crippen LogP contribution in [0.4, 0.5) is 11.4 Å². The van der Waals surface area contributed by atoms with Gasteiger partial charge in [-0.25, -0.2) is 0 Å². The van der Waals surface area contributed by atoms with E-state index in [1.807, 2.05) is 18.2 Å². The Bertz CT molecular complexity index is 609. The maximum atomic E-state index is 6.05. The molecule has 1 heterocycles. The summed E-state index contributed by atoms with van der Waals surface area (Å²) in [5.74, 6) is 0. The first-order chi connectivity index (χ1) is 9.15. The molecule has 3 heteroatoms. The molecule has 98 valence electrons. The van der Waals surface area contributed by atoms with E-state index in [0.29, 0.717) is 11.1 Å². The van der Waals surface area contributed by atoms with Gasteiger partial charge in [0.15, 0.2) is 0 Å². The third-order valence-electron chi connectivity index (χ3n) is 3.80. The predicted octanol–water partition coefficient (Wildman–Crippen LogP) is 3.87. The average Bonchev–Trinajstić information content (AvgIpc) is 2.69. The second-order valence-corrected chi connectivity index (χ2v) is 5.59. The number of rotatable bonds is 2. The molecule has 0 aromatic heterocycles. The predicted molar refractivity (Wildman–Crippen MR) is 81.7 cm³/mol. The van der Waals surface area contributed by atoms with Crippen LogP contribution in [-0.4, -0.2) is 6.04 Å². The van der Waals surface area contributed by atoms with Crippen molar-refractivity contribution in [2.45, 2.75) is 25.9 Å². The van der Waals surface area contributed by atoms with Crippen molar-refractivity contribution >= 4 is 23.0 Å². The molecular formula is C16H17ClN2. The van der Waals surface area contributed by atoms with Crippen molar-refractivity contribution in [3.8, 4) is 0 Å². The van der Waals surface area contributed by atoms with E-state index in [-0.39, 0.29) is 0 Å². The molecule has 0 aliphatic carbocycles.